The molecule has 0 radical (unpaired) electrons. The van der Waals surface area contributed by atoms with Crippen LogP contribution in [0.2, 0.25) is 0 Å². The summed E-state index contributed by atoms with van der Waals surface area (Å²) in [6.45, 7) is -0.0176. The summed E-state index contributed by atoms with van der Waals surface area (Å²) in [7, 11) is 0. The largest absolute Gasteiger partial charge is 0.481 e. The second-order valence-corrected chi connectivity index (χ2v) is 7.48. The number of aliphatic hydroxyl groups excluding tert-OH is 1. The van der Waals surface area contributed by atoms with Crippen LogP contribution >= 0.6 is 0 Å². The predicted octanol–water partition coefficient (Wildman–Crippen LogP) is -3.42. The quantitative estimate of drug-likeness (QED) is 0.0879. The fourth-order valence-corrected chi connectivity index (χ4v) is 2.79. The fraction of sp³-hybridized carbons (Fsp3) is 0.737. The van der Waals surface area contributed by atoms with Gasteiger partial charge in [-0.15, -0.1) is 0 Å². The minimum Gasteiger partial charge on any atom is -0.481 e. The van der Waals surface area contributed by atoms with E-state index < -0.39 is 66.9 Å². The van der Waals surface area contributed by atoms with E-state index in [1.807, 2.05) is 0 Å². The molecule has 0 spiro atoms. The zero-order valence-corrected chi connectivity index (χ0v) is 18.5. The number of aliphatic carboxylic acids is 2. The van der Waals surface area contributed by atoms with Crippen LogP contribution in [0, 0.1) is 0 Å². The number of unbranched alkanes of at least 4 members (excludes halogenated alkanes) is 2. The zero-order valence-electron chi connectivity index (χ0n) is 18.5. The lowest BCUT2D eigenvalue weighted by molar-refractivity contribution is -0.147. The molecule has 190 valence electrons. The van der Waals surface area contributed by atoms with Crippen LogP contribution in [-0.2, 0) is 24.0 Å². The Bertz CT molecular complexity index is 662. The van der Waals surface area contributed by atoms with Gasteiger partial charge in [-0.2, -0.15) is 0 Å². The molecular formula is C19H36N6O8. The molecule has 0 aliphatic heterocycles. The van der Waals surface area contributed by atoms with Crippen LogP contribution in [0.25, 0.3) is 0 Å². The van der Waals surface area contributed by atoms with Crippen molar-refractivity contribution in [1.29, 1.82) is 0 Å². The monoisotopic (exact) mass is 476 g/mol. The average molecular weight is 477 g/mol. The molecule has 33 heavy (non-hydrogen) atoms. The van der Waals surface area contributed by atoms with Gasteiger partial charge >= 0.3 is 11.9 Å². The molecule has 14 nitrogen and oxygen atoms in total. The van der Waals surface area contributed by atoms with Gasteiger partial charge in [-0.1, -0.05) is 6.42 Å². The number of carboxylic acid groups (broad SMARTS) is 2. The Morgan fingerprint density at radius 3 is 1.67 bits per heavy atom. The first-order chi connectivity index (χ1) is 15.6. The first-order valence-electron chi connectivity index (χ1n) is 10.7. The van der Waals surface area contributed by atoms with E-state index >= 15 is 0 Å². The Morgan fingerprint density at radius 2 is 1.18 bits per heavy atom. The second kappa shape index (κ2) is 16.8. The summed E-state index contributed by atoms with van der Waals surface area (Å²) < 4.78 is 0. The van der Waals surface area contributed by atoms with Crippen LogP contribution in [0.15, 0.2) is 0 Å². The number of rotatable bonds is 18. The average Bonchev–Trinajstić information content (AvgIpc) is 2.75. The summed E-state index contributed by atoms with van der Waals surface area (Å²) >= 11 is 0. The van der Waals surface area contributed by atoms with Gasteiger partial charge < -0.3 is 48.5 Å². The van der Waals surface area contributed by atoms with Crippen molar-refractivity contribution in [3.8, 4) is 0 Å². The van der Waals surface area contributed by atoms with E-state index in [9.17, 15) is 29.1 Å². The van der Waals surface area contributed by atoms with E-state index in [0.717, 1.165) is 0 Å². The van der Waals surface area contributed by atoms with Crippen LogP contribution in [0.5, 0.6) is 0 Å². The number of nitrogens with two attached hydrogens (primary N) is 3. The Labute approximate surface area is 191 Å². The lowest BCUT2D eigenvalue weighted by Crippen LogP contribution is -2.58. The first kappa shape index (κ1) is 30.2. The fourth-order valence-electron chi connectivity index (χ4n) is 2.79. The summed E-state index contributed by atoms with van der Waals surface area (Å²) in [5.41, 5.74) is 16.6. The number of hydrogen-bond acceptors (Lipinski definition) is 9. The van der Waals surface area contributed by atoms with Gasteiger partial charge in [0.1, 0.15) is 18.1 Å². The highest BCUT2D eigenvalue weighted by atomic mass is 16.4. The molecular weight excluding hydrogens is 440 g/mol. The summed E-state index contributed by atoms with van der Waals surface area (Å²) in [6, 6.07) is -5.28. The maximum Gasteiger partial charge on any atom is 0.326 e. The minimum absolute atomic E-state index is 0.0683. The molecule has 0 heterocycles. The van der Waals surface area contributed by atoms with Crippen molar-refractivity contribution in [2.75, 3.05) is 19.7 Å². The number of carboxylic acids is 2. The number of nitrogens with one attached hydrogen (secondary N) is 3. The molecule has 4 unspecified atom stereocenters. The smallest absolute Gasteiger partial charge is 0.326 e. The Morgan fingerprint density at radius 1 is 0.697 bits per heavy atom. The molecule has 0 bridgehead atoms. The van der Waals surface area contributed by atoms with Crippen LogP contribution in [0.1, 0.15) is 44.9 Å². The maximum atomic E-state index is 12.6. The van der Waals surface area contributed by atoms with Gasteiger partial charge in [-0.3, -0.25) is 19.2 Å². The van der Waals surface area contributed by atoms with E-state index in [1.165, 1.54) is 0 Å². The van der Waals surface area contributed by atoms with Crippen molar-refractivity contribution < 1.29 is 39.3 Å². The lowest BCUT2D eigenvalue weighted by Gasteiger charge is -2.24. The topological polar surface area (TPSA) is 260 Å². The third kappa shape index (κ3) is 12.7. The Balaban J connectivity index is 5.21. The van der Waals surface area contributed by atoms with Gasteiger partial charge in [0.05, 0.1) is 19.1 Å². The standard InChI is InChI=1S/C19H36N6O8/c20-7-3-1-5-11(22)16(29)25-14(10-26)18(31)23-12(6-2-4-8-21)17(30)24-13(19(32)33)9-15(27)28/h11-14,26H,1-10,20-22H2,(H,23,31)(H,24,30)(H,25,29)(H,27,28)(H,32,33). The number of amides is 3. The number of hydrogen-bond donors (Lipinski definition) is 9. The Kier molecular flexibility index (Phi) is 15.3. The Hall–Kier alpha value is -2.81. The van der Waals surface area contributed by atoms with Gasteiger partial charge in [0.25, 0.3) is 0 Å². The van der Waals surface area contributed by atoms with Crippen molar-refractivity contribution in [3.05, 3.63) is 0 Å². The SMILES string of the molecule is NCCCCC(N)C(=O)NC(CO)C(=O)NC(CCCCN)C(=O)NC(CC(=O)O)C(=O)O. The molecule has 0 fully saturated rings. The number of carbonyl (C=O) groups excluding carboxylic acids is 3. The molecule has 3 amide bonds. The van der Waals surface area contributed by atoms with Crippen LogP contribution in [0.3, 0.4) is 0 Å². The summed E-state index contributed by atoms with van der Waals surface area (Å²) in [4.78, 5) is 59.4. The summed E-state index contributed by atoms with van der Waals surface area (Å²) in [6.07, 6.45) is 1.71. The third-order valence-corrected chi connectivity index (χ3v) is 4.69. The van der Waals surface area contributed by atoms with E-state index in [-0.39, 0.29) is 6.42 Å². The first-order valence-corrected chi connectivity index (χ1v) is 10.7. The second-order valence-electron chi connectivity index (χ2n) is 7.48. The van der Waals surface area contributed by atoms with Gasteiger partial charge in [-0.05, 0) is 45.2 Å². The molecule has 0 aliphatic carbocycles. The third-order valence-electron chi connectivity index (χ3n) is 4.69. The zero-order chi connectivity index (χ0) is 25.4. The van der Waals surface area contributed by atoms with Gasteiger partial charge in [-0.25, -0.2) is 4.79 Å². The molecule has 0 aliphatic rings. The van der Waals surface area contributed by atoms with E-state index in [1.54, 1.807) is 0 Å². The minimum atomic E-state index is -1.70. The molecule has 0 saturated carbocycles. The molecule has 0 aromatic rings. The molecule has 0 saturated heterocycles. The van der Waals surface area contributed by atoms with E-state index in [2.05, 4.69) is 16.0 Å². The molecule has 0 aromatic heterocycles. The van der Waals surface area contributed by atoms with Crippen molar-refractivity contribution in [2.24, 2.45) is 17.2 Å². The highest BCUT2D eigenvalue weighted by Crippen LogP contribution is 2.04. The lowest BCUT2D eigenvalue weighted by atomic mass is 10.1. The van der Waals surface area contributed by atoms with Gasteiger partial charge in [0, 0.05) is 0 Å². The number of aliphatic hydroxyl groups is 1. The predicted molar refractivity (Wildman–Crippen MR) is 117 cm³/mol. The van der Waals surface area contributed by atoms with E-state index in [0.29, 0.717) is 45.2 Å². The van der Waals surface area contributed by atoms with Crippen LogP contribution < -0.4 is 33.2 Å². The highest BCUT2D eigenvalue weighted by molar-refractivity contribution is 5.94. The number of carbonyl (C=O) groups is 5. The molecule has 4 atom stereocenters. The van der Waals surface area contributed by atoms with Crippen LogP contribution in [0.4, 0.5) is 0 Å². The molecule has 0 rings (SSSR count). The van der Waals surface area contributed by atoms with Crippen molar-refractivity contribution in [2.45, 2.75) is 69.1 Å². The summed E-state index contributed by atoms with van der Waals surface area (Å²) in [5, 5.41) is 34.2. The van der Waals surface area contributed by atoms with Crippen LogP contribution in [-0.4, -0.2) is 88.8 Å². The molecule has 14 heteroatoms. The summed E-state index contributed by atoms with van der Waals surface area (Å²) in [5.74, 6) is -5.47. The van der Waals surface area contributed by atoms with Crippen molar-refractivity contribution >= 4 is 29.7 Å². The molecule has 12 N–H and O–H groups in total. The van der Waals surface area contributed by atoms with E-state index in [4.69, 9.17) is 27.4 Å². The maximum absolute atomic E-state index is 12.6. The highest BCUT2D eigenvalue weighted by Gasteiger charge is 2.30. The van der Waals surface area contributed by atoms with Crippen molar-refractivity contribution in [3.63, 3.8) is 0 Å². The normalized spacial score (nSPS) is 14.4. The van der Waals surface area contributed by atoms with Gasteiger partial charge in [0.2, 0.25) is 17.7 Å². The van der Waals surface area contributed by atoms with Gasteiger partial charge in [0.15, 0.2) is 0 Å². The molecule has 0 aromatic carbocycles. The van der Waals surface area contributed by atoms with Crippen molar-refractivity contribution in [1.82, 2.24) is 16.0 Å².